The summed E-state index contributed by atoms with van der Waals surface area (Å²) < 4.78 is 7.18. The van der Waals surface area contributed by atoms with Crippen LogP contribution in [0.4, 0.5) is 17.5 Å². The number of anilines is 3. The summed E-state index contributed by atoms with van der Waals surface area (Å²) in [4.78, 5) is 16.3. The van der Waals surface area contributed by atoms with Gasteiger partial charge in [0, 0.05) is 18.8 Å². The topological polar surface area (TPSA) is 80.5 Å². The fraction of sp³-hybridized carbons (Fsp3) is 0.217. The minimum absolute atomic E-state index is 0.640. The summed E-state index contributed by atoms with van der Waals surface area (Å²) in [5, 5.41) is 7.99. The van der Waals surface area contributed by atoms with Gasteiger partial charge in [0.25, 0.3) is 0 Å². The van der Waals surface area contributed by atoms with Crippen LogP contribution in [-0.2, 0) is 4.74 Å². The Morgan fingerprint density at radius 3 is 2.68 bits per heavy atom. The number of para-hydroxylation sites is 1. The van der Waals surface area contributed by atoms with Crippen molar-refractivity contribution in [1.82, 2.24) is 19.6 Å². The Balaban J connectivity index is 1.56. The van der Waals surface area contributed by atoms with Crippen LogP contribution in [0.5, 0.6) is 0 Å². The summed E-state index contributed by atoms with van der Waals surface area (Å²) in [5.41, 5.74) is 4.46. The zero-order valence-corrected chi connectivity index (χ0v) is 17.3. The number of rotatable bonds is 5. The van der Waals surface area contributed by atoms with E-state index in [4.69, 9.17) is 14.7 Å². The van der Waals surface area contributed by atoms with E-state index in [2.05, 4.69) is 39.4 Å². The minimum Gasteiger partial charge on any atom is -0.378 e. The van der Waals surface area contributed by atoms with Crippen molar-refractivity contribution < 1.29 is 4.74 Å². The Bertz CT molecular complexity index is 1210. The van der Waals surface area contributed by atoms with Gasteiger partial charge in [-0.25, -0.2) is 9.66 Å². The first-order valence-corrected chi connectivity index (χ1v) is 10.3. The fourth-order valence-corrected chi connectivity index (χ4v) is 3.49. The maximum absolute atomic E-state index is 5.49. The second-order valence-corrected chi connectivity index (χ2v) is 7.38. The van der Waals surface area contributed by atoms with Gasteiger partial charge in [0.15, 0.2) is 17.0 Å². The highest BCUT2D eigenvalue weighted by molar-refractivity contribution is 5.87. The second kappa shape index (κ2) is 8.53. The fourth-order valence-electron chi connectivity index (χ4n) is 3.49. The molecule has 0 atom stereocenters. The molecule has 2 aromatic heterocycles. The highest BCUT2D eigenvalue weighted by Crippen LogP contribution is 2.26. The largest absolute Gasteiger partial charge is 0.378 e. The molecule has 8 nitrogen and oxygen atoms in total. The Hall–Kier alpha value is -3.78. The quantitative estimate of drug-likeness (QED) is 0.504. The number of benzene rings is 2. The first-order chi connectivity index (χ1) is 15.3. The van der Waals surface area contributed by atoms with Crippen LogP contribution in [0, 0.1) is 6.92 Å². The molecule has 2 aromatic carbocycles. The first-order valence-electron chi connectivity index (χ1n) is 10.3. The molecular formula is C23H23N7O. The zero-order chi connectivity index (χ0) is 21.0. The van der Waals surface area contributed by atoms with Crippen LogP contribution < -0.4 is 10.2 Å². The van der Waals surface area contributed by atoms with Crippen molar-refractivity contribution in [2.45, 2.75) is 6.92 Å². The molecule has 8 heteroatoms. The van der Waals surface area contributed by atoms with Crippen molar-refractivity contribution in [2.75, 3.05) is 36.5 Å². The van der Waals surface area contributed by atoms with E-state index in [-0.39, 0.29) is 0 Å². The molecule has 156 valence electrons. The number of fused-ring (bicyclic) bond motifs is 1. The van der Waals surface area contributed by atoms with E-state index in [0.717, 1.165) is 24.3 Å². The number of imidazole rings is 1. The Kier molecular flexibility index (Phi) is 5.28. The van der Waals surface area contributed by atoms with Gasteiger partial charge in [-0.2, -0.15) is 15.1 Å². The van der Waals surface area contributed by atoms with Crippen molar-refractivity contribution >= 4 is 34.8 Å². The molecule has 0 amide bonds. The predicted octanol–water partition coefficient (Wildman–Crippen LogP) is 3.60. The summed E-state index contributed by atoms with van der Waals surface area (Å²) in [6, 6.07) is 18.1. The summed E-state index contributed by atoms with van der Waals surface area (Å²) >= 11 is 0. The van der Waals surface area contributed by atoms with E-state index in [1.807, 2.05) is 48.7 Å². The molecule has 3 heterocycles. The number of nitrogens with one attached hydrogen (secondary N) is 1. The third kappa shape index (κ3) is 4.24. The van der Waals surface area contributed by atoms with Crippen LogP contribution in [0.15, 0.2) is 66.0 Å². The van der Waals surface area contributed by atoms with E-state index >= 15 is 0 Å². The zero-order valence-electron chi connectivity index (χ0n) is 17.3. The van der Waals surface area contributed by atoms with Gasteiger partial charge < -0.3 is 15.0 Å². The van der Waals surface area contributed by atoms with Crippen molar-refractivity contribution in [3.8, 4) is 0 Å². The molecule has 0 radical (unpaired) electrons. The maximum atomic E-state index is 5.49. The number of aryl methyl sites for hydroxylation is 1. The monoisotopic (exact) mass is 413 g/mol. The molecule has 0 spiro atoms. The standard InChI is InChI=1S/C23H23N7O/c1-17-6-5-7-18(14-17)15-25-30-16-24-20-21(26-19-8-3-2-4-9-19)27-23(28-22(20)30)29-10-12-31-13-11-29/h2-9,14-16H,10-13H2,1H3,(H,26,27,28)/b25-15+. The number of hydrogen-bond donors (Lipinski definition) is 1. The van der Waals surface area contributed by atoms with Crippen molar-refractivity contribution in [2.24, 2.45) is 5.10 Å². The van der Waals surface area contributed by atoms with Crippen molar-refractivity contribution in [3.05, 3.63) is 72.1 Å². The van der Waals surface area contributed by atoms with Gasteiger partial charge >= 0.3 is 0 Å². The molecule has 31 heavy (non-hydrogen) atoms. The molecule has 1 saturated heterocycles. The Morgan fingerprint density at radius 1 is 1.03 bits per heavy atom. The minimum atomic E-state index is 0.640. The molecule has 0 aliphatic carbocycles. The van der Waals surface area contributed by atoms with Crippen LogP contribution in [0.2, 0.25) is 0 Å². The Morgan fingerprint density at radius 2 is 1.87 bits per heavy atom. The first kappa shape index (κ1) is 19.2. The average Bonchev–Trinajstić information content (AvgIpc) is 3.22. The lowest BCUT2D eigenvalue weighted by atomic mass is 10.2. The van der Waals surface area contributed by atoms with E-state index in [9.17, 15) is 0 Å². The Labute approximate surface area is 180 Å². The molecule has 0 unspecified atom stereocenters. The van der Waals surface area contributed by atoms with Crippen LogP contribution in [0.3, 0.4) is 0 Å². The number of hydrogen-bond acceptors (Lipinski definition) is 7. The van der Waals surface area contributed by atoms with Gasteiger partial charge in [0.2, 0.25) is 5.95 Å². The van der Waals surface area contributed by atoms with Crippen LogP contribution >= 0.6 is 0 Å². The average molecular weight is 413 g/mol. The van der Waals surface area contributed by atoms with Crippen LogP contribution in [-0.4, -0.2) is 52.1 Å². The van der Waals surface area contributed by atoms with Gasteiger partial charge in [0.1, 0.15) is 6.33 Å². The van der Waals surface area contributed by atoms with Crippen LogP contribution in [0.25, 0.3) is 11.2 Å². The maximum Gasteiger partial charge on any atom is 0.229 e. The van der Waals surface area contributed by atoms with E-state index < -0.39 is 0 Å². The molecule has 5 rings (SSSR count). The van der Waals surface area contributed by atoms with E-state index in [1.54, 1.807) is 11.0 Å². The number of nitrogens with zero attached hydrogens (tertiary/aromatic N) is 6. The van der Waals surface area contributed by atoms with Gasteiger partial charge in [0.05, 0.1) is 19.4 Å². The molecular weight excluding hydrogens is 390 g/mol. The van der Waals surface area contributed by atoms with Gasteiger partial charge in [-0.1, -0.05) is 48.0 Å². The van der Waals surface area contributed by atoms with E-state index in [0.29, 0.717) is 36.1 Å². The summed E-state index contributed by atoms with van der Waals surface area (Å²) in [6.07, 6.45) is 3.49. The molecule has 1 fully saturated rings. The predicted molar refractivity (Wildman–Crippen MR) is 122 cm³/mol. The SMILES string of the molecule is Cc1cccc(/C=N/n2cnc3c(Nc4ccccc4)nc(N4CCOCC4)nc32)c1. The number of morpholine rings is 1. The lowest BCUT2D eigenvalue weighted by Crippen LogP contribution is -2.37. The smallest absolute Gasteiger partial charge is 0.229 e. The number of aromatic nitrogens is 4. The normalized spacial score (nSPS) is 14.4. The molecule has 1 N–H and O–H groups in total. The molecule has 0 saturated carbocycles. The third-order valence-electron chi connectivity index (χ3n) is 5.07. The van der Waals surface area contributed by atoms with Crippen molar-refractivity contribution in [3.63, 3.8) is 0 Å². The second-order valence-electron chi connectivity index (χ2n) is 7.38. The van der Waals surface area contributed by atoms with Gasteiger partial charge in [-0.05, 0) is 24.6 Å². The van der Waals surface area contributed by atoms with Crippen molar-refractivity contribution in [1.29, 1.82) is 0 Å². The summed E-state index contributed by atoms with van der Waals surface area (Å²) in [5.74, 6) is 1.30. The molecule has 1 aliphatic rings. The van der Waals surface area contributed by atoms with Gasteiger partial charge in [-0.3, -0.25) is 0 Å². The van der Waals surface area contributed by atoms with E-state index in [1.165, 1.54) is 5.56 Å². The molecule has 4 aromatic rings. The lowest BCUT2D eigenvalue weighted by Gasteiger charge is -2.27. The third-order valence-corrected chi connectivity index (χ3v) is 5.07. The number of ether oxygens (including phenoxy) is 1. The molecule has 0 bridgehead atoms. The lowest BCUT2D eigenvalue weighted by molar-refractivity contribution is 0.122. The highest BCUT2D eigenvalue weighted by atomic mass is 16.5. The van der Waals surface area contributed by atoms with Crippen LogP contribution in [0.1, 0.15) is 11.1 Å². The summed E-state index contributed by atoms with van der Waals surface area (Å²) in [7, 11) is 0. The molecule has 1 aliphatic heterocycles. The van der Waals surface area contributed by atoms with Gasteiger partial charge in [-0.15, -0.1) is 0 Å². The summed E-state index contributed by atoms with van der Waals surface area (Å²) in [6.45, 7) is 4.88. The highest BCUT2D eigenvalue weighted by Gasteiger charge is 2.19.